The second-order valence-corrected chi connectivity index (χ2v) is 6.58. The fourth-order valence-electron chi connectivity index (χ4n) is 2.78. The molecule has 24 heavy (non-hydrogen) atoms. The third-order valence-corrected chi connectivity index (χ3v) is 3.88. The lowest BCUT2D eigenvalue weighted by atomic mass is 10.1. The van der Waals surface area contributed by atoms with Crippen LogP contribution in [0.25, 0.3) is 0 Å². The molecule has 1 amide bonds. The number of aliphatic hydroxyl groups is 1. The molecule has 0 aliphatic carbocycles. The molecule has 0 heterocycles. The van der Waals surface area contributed by atoms with E-state index in [9.17, 15) is 9.90 Å². The van der Waals surface area contributed by atoms with Crippen LogP contribution in [-0.4, -0.2) is 29.0 Å². The highest BCUT2D eigenvalue weighted by molar-refractivity contribution is 5.92. The van der Waals surface area contributed by atoms with Gasteiger partial charge in [0.05, 0.1) is 6.10 Å². The largest absolute Gasteiger partial charge is 0.387 e. The van der Waals surface area contributed by atoms with Gasteiger partial charge in [0.1, 0.15) is 0 Å². The van der Waals surface area contributed by atoms with Crippen molar-refractivity contribution in [1.29, 1.82) is 0 Å². The second-order valence-electron chi connectivity index (χ2n) is 6.58. The Hall–Kier alpha value is -2.17. The molecule has 4 nitrogen and oxygen atoms in total. The van der Waals surface area contributed by atoms with Gasteiger partial charge in [-0.25, -0.2) is 0 Å². The van der Waals surface area contributed by atoms with E-state index < -0.39 is 12.0 Å². The molecular weight excluding hydrogens is 300 g/mol. The van der Waals surface area contributed by atoms with Gasteiger partial charge in [-0.3, -0.25) is 9.69 Å². The Kier molecular flexibility index (Phi) is 6.53. The molecule has 2 aromatic rings. The van der Waals surface area contributed by atoms with Crippen LogP contribution >= 0.6 is 0 Å². The second kappa shape index (κ2) is 8.62. The molecule has 0 aliphatic heterocycles. The summed E-state index contributed by atoms with van der Waals surface area (Å²) in [6, 6.07) is 17.0. The summed E-state index contributed by atoms with van der Waals surface area (Å²) in [7, 11) is 0. The number of primary amides is 1. The van der Waals surface area contributed by atoms with E-state index in [1.807, 2.05) is 42.5 Å². The van der Waals surface area contributed by atoms with Gasteiger partial charge in [-0.2, -0.15) is 0 Å². The molecular formula is C20H26N2O2. The van der Waals surface area contributed by atoms with Gasteiger partial charge >= 0.3 is 0 Å². The minimum absolute atomic E-state index is 0.417. The van der Waals surface area contributed by atoms with Crippen molar-refractivity contribution in [1.82, 2.24) is 4.90 Å². The third-order valence-electron chi connectivity index (χ3n) is 3.88. The monoisotopic (exact) mass is 326 g/mol. The van der Waals surface area contributed by atoms with Crippen molar-refractivity contribution in [3.05, 3.63) is 71.3 Å². The lowest BCUT2D eigenvalue weighted by Crippen LogP contribution is -2.31. The Morgan fingerprint density at radius 3 is 2.21 bits per heavy atom. The van der Waals surface area contributed by atoms with Crippen molar-refractivity contribution >= 4 is 5.91 Å². The highest BCUT2D eigenvalue weighted by atomic mass is 16.3. The van der Waals surface area contributed by atoms with Crippen LogP contribution in [0, 0.1) is 5.92 Å². The predicted molar refractivity (Wildman–Crippen MR) is 96.5 cm³/mol. The number of carbonyl (C=O) groups is 1. The summed E-state index contributed by atoms with van der Waals surface area (Å²) in [5.41, 5.74) is 7.82. The third kappa shape index (κ3) is 5.48. The van der Waals surface area contributed by atoms with E-state index in [-0.39, 0.29) is 0 Å². The van der Waals surface area contributed by atoms with Crippen molar-refractivity contribution in [2.24, 2.45) is 11.7 Å². The van der Waals surface area contributed by atoms with Crippen LogP contribution in [0.1, 0.15) is 41.4 Å². The van der Waals surface area contributed by atoms with Gasteiger partial charge in [-0.15, -0.1) is 0 Å². The molecule has 0 aliphatic rings. The minimum Gasteiger partial charge on any atom is -0.387 e. The molecule has 2 rings (SSSR count). The van der Waals surface area contributed by atoms with E-state index in [2.05, 4.69) is 18.7 Å². The fourth-order valence-corrected chi connectivity index (χ4v) is 2.78. The molecule has 3 N–H and O–H groups in total. The quantitative estimate of drug-likeness (QED) is 0.784. The Labute approximate surface area is 143 Å². The molecule has 1 atom stereocenters. The summed E-state index contributed by atoms with van der Waals surface area (Å²) < 4.78 is 0. The molecule has 0 fully saturated rings. The van der Waals surface area contributed by atoms with Crippen LogP contribution in [0.2, 0.25) is 0 Å². The summed E-state index contributed by atoms with van der Waals surface area (Å²) in [5, 5.41) is 10.5. The Morgan fingerprint density at radius 1 is 1.04 bits per heavy atom. The van der Waals surface area contributed by atoms with E-state index in [1.165, 1.54) is 0 Å². The van der Waals surface area contributed by atoms with Crippen LogP contribution in [0.5, 0.6) is 0 Å². The van der Waals surface area contributed by atoms with Gasteiger partial charge in [0, 0.05) is 25.2 Å². The van der Waals surface area contributed by atoms with Gasteiger partial charge in [0.15, 0.2) is 0 Å². The van der Waals surface area contributed by atoms with Crippen molar-refractivity contribution in [2.45, 2.75) is 26.5 Å². The molecule has 0 saturated heterocycles. The molecule has 0 unspecified atom stereocenters. The number of hydrogen-bond acceptors (Lipinski definition) is 3. The average Bonchev–Trinajstić information content (AvgIpc) is 2.55. The molecule has 2 aromatic carbocycles. The van der Waals surface area contributed by atoms with Crippen molar-refractivity contribution in [3.63, 3.8) is 0 Å². The lowest BCUT2D eigenvalue weighted by Gasteiger charge is -2.27. The number of amides is 1. The maximum atomic E-state index is 11.2. The zero-order valence-electron chi connectivity index (χ0n) is 14.4. The van der Waals surface area contributed by atoms with Gasteiger partial charge in [-0.05, 0) is 29.2 Å². The Balaban J connectivity index is 2.06. The van der Waals surface area contributed by atoms with Gasteiger partial charge in [-0.1, -0.05) is 56.3 Å². The number of carbonyl (C=O) groups excluding carboxylic acids is 1. The van der Waals surface area contributed by atoms with Crippen LogP contribution in [-0.2, 0) is 6.54 Å². The molecule has 0 radical (unpaired) electrons. The lowest BCUT2D eigenvalue weighted by molar-refractivity contribution is 0.100. The van der Waals surface area contributed by atoms with E-state index in [0.29, 0.717) is 18.0 Å². The highest BCUT2D eigenvalue weighted by Crippen LogP contribution is 2.17. The molecule has 0 aromatic heterocycles. The highest BCUT2D eigenvalue weighted by Gasteiger charge is 2.15. The van der Waals surface area contributed by atoms with E-state index in [4.69, 9.17) is 5.73 Å². The predicted octanol–water partition coefficient (Wildman–Crippen LogP) is 2.98. The molecule has 0 saturated carbocycles. The van der Waals surface area contributed by atoms with Crippen molar-refractivity contribution in [2.75, 3.05) is 13.1 Å². The van der Waals surface area contributed by atoms with Crippen LogP contribution < -0.4 is 5.73 Å². The van der Waals surface area contributed by atoms with Crippen molar-refractivity contribution in [3.8, 4) is 0 Å². The number of hydrogen-bond donors (Lipinski definition) is 2. The Morgan fingerprint density at radius 2 is 1.67 bits per heavy atom. The molecule has 4 heteroatoms. The molecule has 128 valence electrons. The number of rotatable bonds is 8. The first kappa shape index (κ1) is 18.2. The SMILES string of the molecule is CC(C)CN(Cc1ccc(C(N)=O)cc1)C[C@@H](O)c1ccccc1. The van der Waals surface area contributed by atoms with Crippen LogP contribution in [0.4, 0.5) is 0 Å². The summed E-state index contributed by atoms with van der Waals surface area (Å²) in [4.78, 5) is 13.4. The maximum absolute atomic E-state index is 11.2. The van der Waals surface area contributed by atoms with Gasteiger partial charge in [0.25, 0.3) is 0 Å². The normalized spacial score (nSPS) is 12.5. The number of aliphatic hydroxyl groups excluding tert-OH is 1. The summed E-state index contributed by atoms with van der Waals surface area (Å²) in [6.07, 6.45) is -0.519. The number of benzene rings is 2. The molecule has 0 bridgehead atoms. The zero-order chi connectivity index (χ0) is 17.5. The maximum Gasteiger partial charge on any atom is 0.248 e. The van der Waals surface area contributed by atoms with Crippen LogP contribution in [0.3, 0.4) is 0 Å². The summed E-state index contributed by atoms with van der Waals surface area (Å²) in [5.74, 6) is 0.0814. The number of nitrogens with zero attached hydrogens (tertiary/aromatic N) is 1. The van der Waals surface area contributed by atoms with E-state index >= 15 is 0 Å². The number of nitrogens with two attached hydrogens (primary N) is 1. The van der Waals surface area contributed by atoms with E-state index in [0.717, 1.165) is 24.2 Å². The topological polar surface area (TPSA) is 66.6 Å². The minimum atomic E-state index is -0.519. The fraction of sp³-hybridized carbons (Fsp3) is 0.350. The smallest absolute Gasteiger partial charge is 0.248 e. The standard InChI is InChI=1S/C20H26N2O2/c1-15(2)12-22(14-19(23)17-6-4-3-5-7-17)13-16-8-10-18(11-9-16)20(21)24/h3-11,15,19,23H,12-14H2,1-2H3,(H2,21,24)/t19-/m1/s1. The molecule has 0 spiro atoms. The first-order valence-electron chi connectivity index (χ1n) is 8.30. The first-order chi connectivity index (χ1) is 11.5. The first-order valence-corrected chi connectivity index (χ1v) is 8.30. The van der Waals surface area contributed by atoms with E-state index in [1.54, 1.807) is 12.1 Å². The summed E-state index contributed by atoms with van der Waals surface area (Å²) >= 11 is 0. The van der Waals surface area contributed by atoms with Crippen LogP contribution in [0.15, 0.2) is 54.6 Å². The summed E-state index contributed by atoms with van der Waals surface area (Å²) in [6.45, 7) is 6.51. The van der Waals surface area contributed by atoms with Gasteiger partial charge < -0.3 is 10.8 Å². The Bertz CT molecular complexity index is 638. The zero-order valence-corrected chi connectivity index (χ0v) is 14.4. The van der Waals surface area contributed by atoms with Gasteiger partial charge in [0.2, 0.25) is 5.91 Å². The average molecular weight is 326 g/mol. The van der Waals surface area contributed by atoms with Crippen molar-refractivity contribution < 1.29 is 9.90 Å².